The Labute approximate surface area is 107 Å². The summed E-state index contributed by atoms with van der Waals surface area (Å²) in [5, 5.41) is 0. The maximum atomic E-state index is 10.8. The Kier molecular flexibility index (Phi) is 4.01. The van der Waals surface area contributed by atoms with E-state index in [1.54, 1.807) is 60.7 Å². The van der Waals surface area contributed by atoms with Gasteiger partial charge >= 0.3 is 6.92 Å². The Bertz CT molecular complexity index is 447. The van der Waals surface area contributed by atoms with Gasteiger partial charge in [-0.25, -0.2) is 0 Å². The molecule has 0 bridgehead atoms. The number of hydrogen-bond acceptors (Lipinski definition) is 4. The van der Waals surface area contributed by atoms with Gasteiger partial charge < -0.3 is 0 Å². The first-order chi connectivity index (χ1) is 8.56. The first-order valence-corrected chi connectivity index (χ1v) is 6.49. The summed E-state index contributed by atoms with van der Waals surface area (Å²) in [6.45, 7) is -0.920. The second-order valence-electron chi connectivity index (χ2n) is 3.67. The summed E-state index contributed by atoms with van der Waals surface area (Å²) in [6, 6.07) is 17.4. The fourth-order valence-electron chi connectivity index (χ4n) is 1.66. The Balaban J connectivity index is 2.36. The van der Waals surface area contributed by atoms with Gasteiger partial charge in [-0.05, 0) is 15.1 Å². The van der Waals surface area contributed by atoms with Gasteiger partial charge in [0.15, 0.2) is 0 Å². The smallest absolute Gasteiger partial charge is 0.185 e. The highest BCUT2D eigenvalue weighted by atomic mass is 35.7. The number of hydrogen-bond donors (Lipinski definition) is 0. The van der Waals surface area contributed by atoms with Gasteiger partial charge in [-0.3, -0.25) is 0 Å². The van der Waals surface area contributed by atoms with Gasteiger partial charge in [0.1, 0.15) is 0 Å². The molecule has 0 N–H and O–H groups in total. The van der Waals surface area contributed by atoms with Crippen LogP contribution in [0.2, 0.25) is 0 Å². The highest BCUT2D eigenvalue weighted by Gasteiger charge is 2.38. The Morgan fingerprint density at radius 2 is 1.11 bits per heavy atom. The molecular formula is C12H10BClO4. The zero-order valence-electron chi connectivity index (χ0n) is 9.36. The van der Waals surface area contributed by atoms with Gasteiger partial charge in [0.25, 0.3) is 0 Å². The lowest BCUT2D eigenvalue weighted by Gasteiger charge is -2.17. The minimum atomic E-state index is -4.49. The van der Waals surface area contributed by atoms with E-state index in [1.165, 1.54) is 0 Å². The standard InChI is InChI=1S/C12H10BClO4/c15-14(16,17)18-13(11-7-3-1-4-8-11)12-9-5-2-6-10-12/h1-10H. The van der Waals surface area contributed by atoms with Crippen LogP contribution in [0.15, 0.2) is 60.7 Å². The molecule has 0 amide bonds. The lowest BCUT2D eigenvalue weighted by molar-refractivity contribution is -1.91. The van der Waals surface area contributed by atoms with Gasteiger partial charge in [-0.15, -0.1) is 0 Å². The molecule has 4 nitrogen and oxygen atoms in total. The van der Waals surface area contributed by atoms with Crippen LogP contribution in [0.5, 0.6) is 0 Å². The summed E-state index contributed by atoms with van der Waals surface area (Å²) < 4.78 is 36.9. The zero-order chi connectivity index (χ0) is 13.0. The van der Waals surface area contributed by atoms with E-state index in [-0.39, 0.29) is 0 Å². The second-order valence-corrected chi connectivity index (χ2v) is 4.60. The van der Waals surface area contributed by atoms with E-state index in [0.29, 0.717) is 10.9 Å². The molecule has 0 fully saturated rings. The van der Waals surface area contributed by atoms with E-state index in [0.717, 1.165) is 0 Å². The summed E-state index contributed by atoms with van der Waals surface area (Å²) in [5.41, 5.74) is 1.21. The fraction of sp³-hybridized carbons (Fsp3) is 0. The van der Waals surface area contributed by atoms with Crippen LogP contribution in [0, 0.1) is 10.2 Å². The Morgan fingerprint density at radius 3 is 1.44 bits per heavy atom. The van der Waals surface area contributed by atoms with Crippen molar-refractivity contribution in [1.82, 2.24) is 0 Å². The highest BCUT2D eigenvalue weighted by Crippen LogP contribution is 1.99. The summed E-state index contributed by atoms with van der Waals surface area (Å²) in [5.74, 6) is 0. The fourth-order valence-corrected chi connectivity index (χ4v) is 2.08. The highest BCUT2D eigenvalue weighted by molar-refractivity contribution is 6.79. The van der Waals surface area contributed by atoms with Crippen molar-refractivity contribution in [2.45, 2.75) is 0 Å². The quantitative estimate of drug-likeness (QED) is 0.582. The minimum Gasteiger partial charge on any atom is -0.185 e. The van der Waals surface area contributed by atoms with Crippen molar-refractivity contribution in [2.75, 3.05) is 0 Å². The number of benzene rings is 2. The van der Waals surface area contributed by atoms with Crippen LogP contribution in [0.3, 0.4) is 0 Å². The first-order valence-electron chi connectivity index (χ1n) is 5.25. The maximum Gasteiger partial charge on any atom is 0.576 e. The van der Waals surface area contributed by atoms with Gasteiger partial charge in [0.05, 0.1) is 10.2 Å². The summed E-state index contributed by atoms with van der Waals surface area (Å²) in [4.78, 5) is 0. The van der Waals surface area contributed by atoms with Crippen LogP contribution in [0.4, 0.5) is 0 Å². The van der Waals surface area contributed by atoms with Crippen molar-refractivity contribution in [1.29, 1.82) is 0 Å². The molecule has 2 aromatic rings. The lowest BCUT2D eigenvalue weighted by Crippen LogP contribution is -2.66. The van der Waals surface area contributed by atoms with Gasteiger partial charge in [-0.2, -0.15) is 14.0 Å². The van der Waals surface area contributed by atoms with E-state index < -0.39 is 17.2 Å². The maximum absolute atomic E-state index is 10.8. The largest absolute Gasteiger partial charge is 0.576 e. The van der Waals surface area contributed by atoms with E-state index in [2.05, 4.69) is 4.21 Å². The van der Waals surface area contributed by atoms with Gasteiger partial charge in [0, 0.05) is 0 Å². The van der Waals surface area contributed by atoms with E-state index >= 15 is 0 Å². The number of rotatable bonds is 4. The van der Waals surface area contributed by atoms with Crippen molar-refractivity contribution in [3.63, 3.8) is 0 Å². The van der Waals surface area contributed by atoms with Crippen LogP contribution in [0.1, 0.15) is 0 Å². The third-order valence-electron chi connectivity index (χ3n) is 2.40. The third kappa shape index (κ3) is 3.56. The van der Waals surface area contributed by atoms with Crippen molar-refractivity contribution in [2.24, 2.45) is 0 Å². The van der Waals surface area contributed by atoms with Crippen LogP contribution in [0.25, 0.3) is 0 Å². The molecule has 0 heterocycles. The second kappa shape index (κ2) is 5.52. The van der Waals surface area contributed by atoms with E-state index in [9.17, 15) is 14.0 Å². The molecule has 0 saturated carbocycles. The zero-order valence-corrected chi connectivity index (χ0v) is 10.1. The predicted molar refractivity (Wildman–Crippen MR) is 59.0 cm³/mol. The van der Waals surface area contributed by atoms with Gasteiger partial charge in [0.2, 0.25) is 0 Å². The Hall–Kier alpha value is -1.37. The molecule has 2 rings (SSSR count). The normalized spacial score (nSPS) is 11.3. The van der Waals surface area contributed by atoms with Crippen molar-refractivity contribution in [3.05, 3.63) is 60.7 Å². The Morgan fingerprint density at radius 1 is 0.722 bits per heavy atom. The average molecular weight is 264 g/mol. The topological polar surface area (TPSA) is 78.4 Å². The molecule has 0 atom stereocenters. The third-order valence-corrected chi connectivity index (χ3v) is 2.80. The molecule has 0 aliphatic carbocycles. The van der Waals surface area contributed by atoms with Gasteiger partial charge in [-0.1, -0.05) is 60.7 Å². The van der Waals surface area contributed by atoms with Crippen molar-refractivity contribution in [3.8, 4) is 0 Å². The number of halogens is 1. The molecule has 6 heteroatoms. The van der Waals surface area contributed by atoms with Crippen molar-refractivity contribution >= 4 is 17.8 Å². The minimum absolute atomic E-state index is 0.607. The molecule has 92 valence electrons. The molecule has 0 radical (unpaired) electrons. The molecular weight excluding hydrogens is 254 g/mol. The van der Waals surface area contributed by atoms with Crippen molar-refractivity contribution < 1.29 is 28.4 Å². The molecule has 18 heavy (non-hydrogen) atoms. The van der Waals surface area contributed by atoms with Crippen LogP contribution < -0.4 is 24.9 Å². The van der Waals surface area contributed by atoms with E-state index in [1.807, 2.05) is 0 Å². The predicted octanol–water partition coefficient (Wildman–Crippen LogP) is -2.29. The van der Waals surface area contributed by atoms with Crippen LogP contribution in [-0.2, 0) is 4.21 Å². The van der Waals surface area contributed by atoms with Crippen LogP contribution in [-0.4, -0.2) is 6.92 Å². The van der Waals surface area contributed by atoms with E-state index in [4.69, 9.17) is 0 Å². The molecule has 2 aromatic carbocycles. The molecule has 0 aromatic heterocycles. The molecule has 0 spiro atoms. The monoisotopic (exact) mass is 264 g/mol. The molecule has 0 saturated heterocycles. The SMILES string of the molecule is [O-][Cl+3]([O-])([O-])OB(c1ccccc1)c1ccccc1. The summed E-state index contributed by atoms with van der Waals surface area (Å²) >= 11 is 0. The molecule has 0 aliphatic rings. The molecule has 0 unspecified atom stereocenters. The summed E-state index contributed by atoms with van der Waals surface area (Å²) in [6.07, 6.45) is 0. The molecule has 0 aliphatic heterocycles. The first kappa shape index (κ1) is 13.1. The van der Waals surface area contributed by atoms with Crippen LogP contribution >= 0.6 is 0 Å². The lowest BCUT2D eigenvalue weighted by atomic mass is 9.56. The summed E-state index contributed by atoms with van der Waals surface area (Å²) in [7, 11) is -4.49. The average Bonchev–Trinajstić information content (AvgIpc) is 2.37.